The highest BCUT2D eigenvalue weighted by Crippen LogP contribution is 2.13. The van der Waals surface area contributed by atoms with Crippen molar-refractivity contribution in [1.82, 2.24) is 5.32 Å². The topological polar surface area (TPSA) is 87.3 Å². The summed E-state index contributed by atoms with van der Waals surface area (Å²) >= 11 is 3.27. The lowest BCUT2D eigenvalue weighted by atomic mass is 10.3. The quantitative estimate of drug-likeness (QED) is 0.715. The zero-order chi connectivity index (χ0) is 16.7. The van der Waals surface area contributed by atoms with Crippen molar-refractivity contribution in [2.75, 3.05) is 17.2 Å². The van der Waals surface area contributed by atoms with Gasteiger partial charge in [0, 0.05) is 15.8 Å². The summed E-state index contributed by atoms with van der Waals surface area (Å²) in [7, 11) is 0. The lowest BCUT2D eigenvalue weighted by Gasteiger charge is -2.07. The standard InChI is InChI=1S/C16H14BrN3O3/c17-11-6-8-13(9-7-11)20-16(23)15(22)18-10-14(21)19-12-4-2-1-3-5-12/h1-9H,10H2,(H,18,22)(H,19,21)(H,20,23). The molecule has 7 heteroatoms. The first-order valence-electron chi connectivity index (χ1n) is 6.74. The number of para-hydroxylation sites is 1. The van der Waals surface area contributed by atoms with Crippen LogP contribution in [0, 0.1) is 0 Å². The normalized spacial score (nSPS) is 9.78. The van der Waals surface area contributed by atoms with E-state index < -0.39 is 17.7 Å². The summed E-state index contributed by atoms with van der Waals surface area (Å²) in [5.41, 5.74) is 1.10. The number of carbonyl (C=O) groups excluding carboxylic acids is 3. The molecule has 3 N–H and O–H groups in total. The van der Waals surface area contributed by atoms with Crippen LogP contribution >= 0.6 is 15.9 Å². The second-order valence-electron chi connectivity index (χ2n) is 4.56. The Bertz CT molecular complexity index is 702. The Labute approximate surface area is 141 Å². The third-order valence-corrected chi connectivity index (χ3v) is 3.30. The van der Waals surface area contributed by atoms with Crippen molar-refractivity contribution < 1.29 is 14.4 Å². The van der Waals surface area contributed by atoms with Crippen LogP contribution in [0.15, 0.2) is 59.1 Å². The van der Waals surface area contributed by atoms with Crippen LogP contribution in [0.3, 0.4) is 0 Å². The van der Waals surface area contributed by atoms with E-state index in [-0.39, 0.29) is 6.54 Å². The van der Waals surface area contributed by atoms with Crippen LogP contribution in [-0.4, -0.2) is 24.3 Å². The van der Waals surface area contributed by atoms with E-state index in [0.717, 1.165) is 4.47 Å². The molecular weight excluding hydrogens is 362 g/mol. The number of anilines is 2. The summed E-state index contributed by atoms with van der Waals surface area (Å²) in [4.78, 5) is 35.0. The highest BCUT2D eigenvalue weighted by molar-refractivity contribution is 9.10. The summed E-state index contributed by atoms with van der Waals surface area (Å²) in [6.07, 6.45) is 0. The van der Waals surface area contributed by atoms with Crippen molar-refractivity contribution in [3.63, 3.8) is 0 Å². The molecule has 0 aliphatic rings. The molecule has 0 aliphatic carbocycles. The fourth-order valence-electron chi connectivity index (χ4n) is 1.69. The maximum Gasteiger partial charge on any atom is 0.313 e. The first kappa shape index (κ1) is 16.7. The fraction of sp³-hybridized carbons (Fsp3) is 0.0625. The second-order valence-corrected chi connectivity index (χ2v) is 5.47. The number of benzene rings is 2. The zero-order valence-electron chi connectivity index (χ0n) is 12.0. The van der Waals surface area contributed by atoms with E-state index in [1.165, 1.54) is 0 Å². The Balaban J connectivity index is 1.78. The number of amides is 3. The Hall–Kier alpha value is -2.67. The van der Waals surface area contributed by atoms with Gasteiger partial charge in [-0.2, -0.15) is 0 Å². The molecule has 0 spiro atoms. The van der Waals surface area contributed by atoms with E-state index in [4.69, 9.17) is 0 Å². The average Bonchev–Trinajstić information content (AvgIpc) is 2.55. The summed E-state index contributed by atoms with van der Waals surface area (Å²) in [6, 6.07) is 15.6. The minimum atomic E-state index is -0.879. The van der Waals surface area contributed by atoms with Gasteiger partial charge in [-0.25, -0.2) is 0 Å². The molecular formula is C16H14BrN3O3. The molecule has 23 heavy (non-hydrogen) atoms. The predicted octanol–water partition coefficient (Wildman–Crippen LogP) is 2.14. The minimum Gasteiger partial charge on any atom is -0.339 e. The molecule has 0 heterocycles. The van der Waals surface area contributed by atoms with E-state index in [2.05, 4.69) is 31.9 Å². The van der Waals surface area contributed by atoms with Crippen LogP contribution < -0.4 is 16.0 Å². The van der Waals surface area contributed by atoms with Crippen molar-refractivity contribution in [2.24, 2.45) is 0 Å². The Morgan fingerprint density at radius 3 is 2.04 bits per heavy atom. The highest BCUT2D eigenvalue weighted by Gasteiger charge is 2.14. The van der Waals surface area contributed by atoms with Crippen LogP contribution in [0.25, 0.3) is 0 Å². The molecule has 3 amide bonds. The number of nitrogens with one attached hydrogen (secondary N) is 3. The molecule has 0 fully saturated rings. The number of halogens is 1. The SMILES string of the molecule is O=C(CNC(=O)C(=O)Nc1ccc(Br)cc1)Nc1ccccc1. The molecule has 0 radical (unpaired) electrons. The number of rotatable bonds is 4. The van der Waals surface area contributed by atoms with Crippen LogP contribution in [-0.2, 0) is 14.4 Å². The molecule has 0 aromatic heterocycles. The van der Waals surface area contributed by atoms with Crippen molar-refractivity contribution >= 4 is 45.0 Å². The van der Waals surface area contributed by atoms with E-state index in [0.29, 0.717) is 11.4 Å². The lowest BCUT2D eigenvalue weighted by molar-refractivity contribution is -0.136. The van der Waals surface area contributed by atoms with Crippen molar-refractivity contribution in [1.29, 1.82) is 0 Å². The average molecular weight is 376 g/mol. The summed E-state index contributed by atoms with van der Waals surface area (Å²) in [6.45, 7) is -0.290. The minimum absolute atomic E-state index is 0.290. The largest absolute Gasteiger partial charge is 0.339 e. The molecule has 2 aromatic rings. The van der Waals surface area contributed by atoms with Gasteiger partial charge in [0.2, 0.25) is 5.91 Å². The van der Waals surface area contributed by atoms with E-state index >= 15 is 0 Å². The fourth-order valence-corrected chi connectivity index (χ4v) is 1.95. The molecule has 0 aliphatic heterocycles. The summed E-state index contributed by atoms with van der Waals surface area (Å²) in [5, 5.41) is 7.30. The van der Waals surface area contributed by atoms with Gasteiger partial charge in [-0.1, -0.05) is 34.1 Å². The van der Waals surface area contributed by atoms with Gasteiger partial charge >= 0.3 is 11.8 Å². The molecule has 0 bridgehead atoms. The molecule has 6 nitrogen and oxygen atoms in total. The van der Waals surface area contributed by atoms with Gasteiger partial charge in [-0.15, -0.1) is 0 Å². The van der Waals surface area contributed by atoms with Gasteiger partial charge in [0.15, 0.2) is 0 Å². The van der Waals surface area contributed by atoms with Crippen molar-refractivity contribution in [3.8, 4) is 0 Å². The molecule has 118 valence electrons. The van der Waals surface area contributed by atoms with Gasteiger partial charge in [-0.3, -0.25) is 14.4 Å². The van der Waals surface area contributed by atoms with Crippen LogP contribution in [0.1, 0.15) is 0 Å². The van der Waals surface area contributed by atoms with Crippen LogP contribution in [0.2, 0.25) is 0 Å². The maximum atomic E-state index is 11.7. The molecule has 0 saturated carbocycles. The van der Waals surface area contributed by atoms with Gasteiger partial charge < -0.3 is 16.0 Å². The first-order valence-corrected chi connectivity index (χ1v) is 7.53. The van der Waals surface area contributed by atoms with Crippen molar-refractivity contribution in [3.05, 3.63) is 59.1 Å². The Kier molecular flexibility index (Phi) is 5.87. The molecule has 2 rings (SSSR count). The lowest BCUT2D eigenvalue weighted by Crippen LogP contribution is -2.39. The molecule has 0 unspecified atom stereocenters. The molecule has 0 saturated heterocycles. The van der Waals surface area contributed by atoms with Gasteiger partial charge in [0.05, 0.1) is 6.54 Å². The van der Waals surface area contributed by atoms with Crippen LogP contribution in [0.4, 0.5) is 11.4 Å². The monoisotopic (exact) mass is 375 g/mol. The van der Waals surface area contributed by atoms with E-state index in [1.807, 2.05) is 6.07 Å². The second kappa shape index (κ2) is 8.09. The summed E-state index contributed by atoms with van der Waals surface area (Å²) < 4.78 is 0.859. The maximum absolute atomic E-state index is 11.7. The number of hydrogen-bond donors (Lipinski definition) is 3. The Morgan fingerprint density at radius 2 is 1.39 bits per heavy atom. The van der Waals surface area contributed by atoms with Crippen LogP contribution in [0.5, 0.6) is 0 Å². The highest BCUT2D eigenvalue weighted by atomic mass is 79.9. The Morgan fingerprint density at radius 1 is 0.783 bits per heavy atom. The van der Waals surface area contributed by atoms with Gasteiger partial charge in [0.1, 0.15) is 0 Å². The predicted molar refractivity (Wildman–Crippen MR) is 90.9 cm³/mol. The van der Waals surface area contributed by atoms with Gasteiger partial charge in [0.25, 0.3) is 0 Å². The summed E-state index contributed by atoms with van der Waals surface area (Å²) in [5.74, 6) is -2.13. The molecule has 0 atom stereocenters. The zero-order valence-corrected chi connectivity index (χ0v) is 13.6. The van der Waals surface area contributed by atoms with Gasteiger partial charge in [-0.05, 0) is 36.4 Å². The smallest absolute Gasteiger partial charge is 0.313 e. The first-order chi connectivity index (χ1) is 11.0. The van der Waals surface area contributed by atoms with E-state index in [9.17, 15) is 14.4 Å². The number of carbonyl (C=O) groups is 3. The van der Waals surface area contributed by atoms with E-state index in [1.54, 1.807) is 48.5 Å². The van der Waals surface area contributed by atoms with Crippen molar-refractivity contribution in [2.45, 2.75) is 0 Å². The third-order valence-electron chi connectivity index (χ3n) is 2.78. The number of hydrogen-bond acceptors (Lipinski definition) is 3. The third kappa shape index (κ3) is 5.55. The molecule has 2 aromatic carbocycles.